The van der Waals surface area contributed by atoms with Crippen molar-refractivity contribution >= 4 is 11.6 Å². The van der Waals surface area contributed by atoms with E-state index in [-0.39, 0.29) is 0 Å². The molecule has 0 bridgehead atoms. The van der Waals surface area contributed by atoms with Crippen LogP contribution in [0, 0.1) is 6.92 Å². The Morgan fingerprint density at radius 1 is 1.06 bits per heavy atom. The Hall–Kier alpha value is -1.47. The van der Waals surface area contributed by atoms with Gasteiger partial charge >= 0.3 is 0 Å². The summed E-state index contributed by atoms with van der Waals surface area (Å²) >= 11 is 6.09. The van der Waals surface area contributed by atoms with Crippen molar-refractivity contribution < 1.29 is 4.74 Å². The average molecular weight is 233 g/mol. The third-order valence-corrected chi connectivity index (χ3v) is 2.80. The second-order valence-electron chi connectivity index (χ2n) is 3.69. The second-order valence-corrected chi connectivity index (χ2v) is 4.10. The van der Waals surface area contributed by atoms with Crippen LogP contribution < -0.4 is 4.74 Å². The van der Waals surface area contributed by atoms with Gasteiger partial charge in [-0.25, -0.2) is 0 Å². The first kappa shape index (κ1) is 11.0. The molecule has 0 spiro atoms. The van der Waals surface area contributed by atoms with E-state index in [1.54, 1.807) is 7.11 Å². The van der Waals surface area contributed by atoms with Crippen LogP contribution in [0.1, 0.15) is 5.56 Å². The first-order chi connectivity index (χ1) is 7.72. The van der Waals surface area contributed by atoms with Crippen molar-refractivity contribution in [2.75, 3.05) is 7.11 Å². The van der Waals surface area contributed by atoms with Crippen LogP contribution in [0.5, 0.6) is 5.75 Å². The van der Waals surface area contributed by atoms with E-state index in [0.29, 0.717) is 5.02 Å². The molecule has 0 aromatic heterocycles. The second kappa shape index (κ2) is 4.58. The number of methoxy groups -OCH3 is 1. The zero-order chi connectivity index (χ0) is 11.5. The maximum absolute atomic E-state index is 6.09. The number of benzene rings is 2. The van der Waals surface area contributed by atoms with Gasteiger partial charge in [0.05, 0.1) is 12.1 Å². The Labute approximate surface area is 101 Å². The quantitative estimate of drug-likeness (QED) is 0.749. The molecule has 0 aliphatic carbocycles. The number of halogens is 1. The number of para-hydroxylation sites is 1. The summed E-state index contributed by atoms with van der Waals surface area (Å²) in [6.07, 6.45) is 0. The highest BCUT2D eigenvalue weighted by atomic mass is 35.5. The fourth-order valence-corrected chi connectivity index (χ4v) is 2.01. The number of hydrogen-bond donors (Lipinski definition) is 0. The zero-order valence-corrected chi connectivity index (χ0v) is 10.1. The maximum atomic E-state index is 6.09. The van der Waals surface area contributed by atoms with Crippen molar-refractivity contribution in [3.8, 4) is 16.9 Å². The first-order valence-electron chi connectivity index (χ1n) is 5.12. The molecule has 0 heterocycles. The molecule has 1 nitrogen and oxygen atoms in total. The van der Waals surface area contributed by atoms with Crippen LogP contribution in [0.25, 0.3) is 11.1 Å². The molecule has 2 aromatic rings. The lowest BCUT2D eigenvalue weighted by Gasteiger charge is -2.10. The smallest absolute Gasteiger partial charge is 0.145 e. The molecule has 16 heavy (non-hydrogen) atoms. The standard InChI is InChI=1S/C14H13ClO/c1-10-5-3-6-11(9-10)12-7-4-8-13(15)14(12)16-2/h3-9H,1-2H3. The van der Waals surface area contributed by atoms with Crippen LogP contribution in [-0.2, 0) is 0 Å². The molecule has 2 heteroatoms. The number of ether oxygens (including phenoxy) is 1. The van der Waals surface area contributed by atoms with Crippen LogP contribution >= 0.6 is 11.6 Å². The summed E-state index contributed by atoms with van der Waals surface area (Å²) in [6.45, 7) is 2.07. The molecule has 0 N–H and O–H groups in total. The van der Waals surface area contributed by atoms with Crippen molar-refractivity contribution in [1.82, 2.24) is 0 Å². The highest BCUT2D eigenvalue weighted by molar-refractivity contribution is 6.32. The minimum Gasteiger partial charge on any atom is -0.495 e. The molecular weight excluding hydrogens is 220 g/mol. The van der Waals surface area contributed by atoms with Crippen molar-refractivity contribution in [1.29, 1.82) is 0 Å². The molecular formula is C14H13ClO. The molecule has 0 amide bonds. The van der Waals surface area contributed by atoms with Gasteiger partial charge in [-0.3, -0.25) is 0 Å². The molecule has 0 saturated heterocycles. The predicted octanol–water partition coefficient (Wildman–Crippen LogP) is 4.32. The third-order valence-electron chi connectivity index (χ3n) is 2.50. The molecule has 0 aliphatic rings. The highest BCUT2D eigenvalue weighted by Crippen LogP contribution is 2.35. The molecule has 0 unspecified atom stereocenters. The monoisotopic (exact) mass is 232 g/mol. The Bertz CT molecular complexity index is 506. The Morgan fingerprint density at radius 2 is 1.81 bits per heavy atom. The molecule has 2 aromatic carbocycles. The van der Waals surface area contributed by atoms with Crippen LogP contribution in [-0.4, -0.2) is 7.11 Å². The lowest BCUT2D eigenvalue weighted by molar-refractivity contribution is 0.416. The molecule has 0 fully saturated rings. The molecule has 2 rings (SSSR count). The molecule has 0 atom stereocenters. The highest BCUT2D eigenvalue weighted by Gasteiger charge is 2.08. The minimum absolute atomic E-state index is 0.640. The normalized spacial score (nSPS) is 10.2. The van der Waals surface area contributed by atoms with E-state index >= 15 is 0 Å². The van der Waals surface area contributed by atoms with E-state index < -0.39 is 0 Å². The summed E-state index contributed by atoms with van der Waals surface area (Å²) in [5, 5.41) is 0.640. The van der Waals surface area contributed by atoms with Gasteiger partial charge in [-0.1, -0.05) is 53.6 Å². The van der Waals surface area contributed by atoms with Gasteiger partial charge in [-0.2, -0.15) is 0 Å². The van der Waals surface area contributed by atoms with Gasteiger partial charge in [0.15, 0.2) is 0 Å². The lowest BCUT2D eigenvalue weighted by atomic mass is 10.0. The fourth-order valence-electron chi connectivity index (χ4n) is 1.76. The maximum Gasteiger partial charge on any atom is 0.145 e. The molecule has 82 valence electrons. The summed E-state index contributed by atoms with van der Waals surface area (Å²) in [4.78, 5) is 0. The van der Waals surface area contributed by atoms with Crippen LogP contribution in [0.2, 0.25) is 5.02 Å². The van der Waals surface area contributed by atoms with Gasteiger partial charge in [0.2, 0.25) is 0 Å². The topological polar surface area (TPSA) is 9.23 Å². The van der Waals surface area contributed by atoms with Gasteiger partial charge in [-0.15, -0.1) is 0 Å². The van der Waals surface area contributed by atoms with Crippen LogP contribution in [0.15, 0.2) is 42.5 Å². The Morgan fingerprint density at radius 3 is 2.50 bits per heavy atom. The van der Waals surface area contributed by atoms with Crippen molar-refractivity contribution in [2.45, 2.75) is 6.92 Å². The van der Waals surface area contributed by atoms with Gasteiger partial charge in [0.25, 0.3) is 0 Å². The predicted molar refractivity (Wildman–Crippen MR) is 68.2 cm³/mol. The fraction of sp³-hybridized carbons (Fsp3) is 0.143. The number of hydrogen-bond acceptors (Lipinski definition) is 1. The van der Waals surface area contributed by atoms with E-state index in [1.165, 1.54) is 5.56 Å². The van der Waals surface area contributed by atoms with Crippen molar-refractivity contribution in [3.63, 3.8) is 0 Å². The van der Waals surface area contributed by atoms with E-state index in [4.69, 9.17) is 16.3 Å². The van der Waals surface area contributed by atoms with E-state index in [0.717, 1.165) is 16.9 Å². The van der Waals surface area contributed by atoms with Gasteiger partial charge in [-0.05, 0) is 18.6 Å². The Balaban J connectivity index is 2.60. The first-order valence-corrected chi connectivity index (χ1v) is 5.49. The third kappa shape index (κ3) is 2.05. The van der Waals surface area contributed by atoms with Crippen molar-refractivity contribution in [2.24, 2.45) is 0 Å². The largest absolute Gasteiger partial charge is 0.495 e. The Kier molecular flexibility index (Phi) is 3.16. The van der Waals surface area contributed by atoms with Gasteiger partial charge in [0.1, 0.15) is 5.75 Å². The summed E-state index contributed by atoms with van der Waals surface area (Å²) in [5.74, 6) is 0.731. The van der Waals surface area contributed by atoms with E-state index in [1.807, 2.05) is 24.3 Å². The molecule has 0 aliphatic heterocycles. The molecule has 0 radical (unpaired) electrons. The zero-order valence-electron chi connectivity index (χ0n) is 9.33. The summed E-state index contributed by atoms with van der Waals surface area (Å²) in [5.41, 5.74) is 3.37. The van der Waals surface area contributed by atoms with E-state index in [2.05, 4.69) is 25.1 Å². The summed E-state index contributed by atoms with van der Waals surface area (Å²) < 4.78 is 5.34. The van der Waals surface area contributed by atoms with E-state index in [9.17, 15) is 0 Å². The van der Waals surface area contributed by atoms with Crippen LogP contribution in [0.3, 0.4) is 0 Å². The minimum atomic E-state index is 0.640. The SMILES string of the molecule is COc1c(Cl)cccc1-c1cccc(C)c1. The summed E-state index contributed by atoms with van der Waals surface area (Å²) in [7, 11) is 1.64. The molecule has 0 saturated carbocycles. The van der Waals surface area contributed by atoms with Gasteiger partial charge in [0, 0.05) is 5.56 Å². The number of aryl methyl sites for hydroxylation is 1. The van der Waals surface area contributed by atoms with Crippen LogP contribution in [0.4, 0.5) is 0 Å². The average Bonchev–Trinajstić information content (AvgIpc) is 2.28. The lowest BCUT2D eigenvalue weighted by Crippen LogP contribution is -1.89. The van der Waals surface area contributed by atoms with Gasteiger partial charge < -0.3 is 4.74 Å². The summed E-state index contributed by atoms with van der Waals surface area (Å²) in [6, 6.07) is 14.1. The number of rotatable bonds is 2. The van der Waals surface area contributed by atoms with Crippen molar-refractivity contribution in [3.05, 3.63) is 53.1 Å².